The first-order chi connectivity index (χ1) is 12.5. The highest BCUT2D eigenvalue weighted by Gasteiger charge is 2.13. The molecular weight excluding hydrogens is 420 g/mol. The number of phenolic OH excluding ortho intramolecular Hbond substituents is 1. The number of carbonyl (C=O) groups excluding carboxylic acids is 1. The minimum Gasteiger partial charge on any atom is -0.506 e. The van der Waals surface area contributed by atoms with Gasteiger partial charge in [0.25, 0.3) is 5.91 Å². The fraction of sp³-hybridized carbons (Fsp3) is 0.0526. The molecule has 1 amide bonds. The Morgan fingerprint density at radius 3 is 2.62 bits per heavy atom. The second kappa shape index (κ2) is 7.76. The smallest absolute Gasteiger partial charge is 0.275 e. The summed E-state index contributed by atoms with van der Waals surface area (Å²) >= 11 is 9.19. The van der Waals surface area contributed by atoms with Gasteiger partial charge in [-0.15, -0.1) is 0 Å². The molecule has 5 nitrogen and oxygen atoms in total. The molecule has 0 aromatic heterocycles. The molecule has 132 valence electrons. The highest BCUT2D eigenvalue weighted by atomic mass is 79.9. The number of benzene rings is 3. The van der Waals surface area contributed by atoms with Crippen LogP contribution in [-0.4, -0.2) is 24.3 Å². The van der Waals surface area contributed by atoms with Crippen molar-refractivity contribution in [1.29, 1.82) is 0 Å². The summed E-state index contributed by atoms with van der Waals surface area (Å²) in [4.78, 5) is 12.5. The highest BCUT2D eigenvalue weighted by molar-refractivity contribution is 9.10. The number of ether oxygens (including phenoxy) is 1. The molecule has 26 heavy (non-hydrogen) atoms. The lowest BCUT2D eigenvalue weighted by Crippen LogP contribution is -2.18. The van der Waals surface area contributed by atoms with Crippen LogP contribution >= 0.6 is 27.5 Å². The van der Waals surface area contributed by atoms with Crippen molar-refractivity contribution in [2.24, 2.45) is 5.10 Å². The number of carbonyl (C=O) groups is 1. The number of aromatic hydroxyl groups is 1. The fourth-order valence-electron chi connectivity index (χ4n) is 2.47. The number of nitrogens with zero attached hydrogens (tertiary/aromatic N) is 1. The van der Waals surface area contributed by atoms with E-state index in [9.17, 15) is 9.90 Å². The summed E-state index contributed by atoms with van der Waals surface area (Å²) in [7, 11) is 1.51. The number of phenols is 1. The Labute approximate surface area is 163 Å². The molecule has 0 bridgehead atoms. The minimum atomic E-state index is -0.426. The molecule has 0 heterocycles. The lowest BCUT2D eigenvalue weighted by molar-refractivity contribution is 0.0952. The predicted molar refractivity (Wildman–Crippen MR) is 106 cm³/mol. The monoisotopic (exact) mass is 432 g/mol. The van der Waals surface area contributed by atoms with Crippen molar-refractivity contribution in [3.8, 4) is 11.5 Å². The molecule has 7 heteroatoms. The summed E-state index contributed by atoms with van der Waals surface area (Å²) in [6.45, 7) is 0. The van der Waals surface area contributed by atoms with Gasteiger partial charge in [-0.25, -0.2) is 5.43 Å². The molecule has 0 radical (unpaired) electrons. The van der Waals surface area contributed by atoms with Crippen molar-refractivity contribution in [1.82, 2.24) is 5.43 Å². The molecule has 0 fully saturated rings. The Kier molecular flexibility index (Phi) is 5.44. The lowest BCUT2D eigenvalue weighted by atomic mass is 10.1. The number of halogens is 2. The van der Waals surface area contributed by atoms with E-state index in [1.54, 1.807) is 24.3 Å². The molecule has 0 aliphatic heterocycles. The zero-order valence-electron chi connectivity index (χ0n) is 13.7. The van der Waals surface area contributed by atoms with Crippen molar-refractivity contribution in [3.05, 3.63) is 69.2 Å². The minimum absolute atomic E-state index is 0.115. The third kappa shape index (κ3) is 3.81. The zero-order chi connectivity index (χ0) is 18.7. The average Bonchev–Trinajstić information content (AvgIpc) is 2.64. The average molecular weight is 434 g/mol. The van der Waals surface area contributed by atoms with Crippen LogP contribution in [0, 0.1) is 0 Å². The molecule has 3 aromatic carbocycles. The highest BCUT2D eigenvalue weighted by Crippen LogP contribution is 2.30. The largest absolute Gasteiger partial charge is 0.506 e. The van der Waals surface area contributed by atoms with Crippen LogP contribution in [-0.2, 0) is 0 Å². The van der Waals surface area contributed by atoms with Crippen molar-refractivity contribution in [2.45, 2.75) is 0 Å². The first kappa shape index (κ1) is 18.2. The number of methoxy groups -OCH3 is 1. The maximum atomic E-state index is 12.5. The van der Waals surface area contributed by atoms with Crippen LogP contribution in [0.1, 0.15) is 15.9 Å². The predicted octanol–water partition coefficient (Wildman–Crippen LogP) is 4.73. The van der Waals surface area contributed by atoms with Crippen LogP contribution in [0.3, 0.4) is 0 Å². The van der Waals surface area contributed by atoms with E-state index >= 15 is 0 Å². The summed E-state index contributed by atoms with van der Waals surface area (Å²) in [5.74, 6) is -0.0923. The third-order valence-electron chi connectivity index (χ3n) is 3.74. The fourth-order valence-corrected chi connectivity index (χ4v) is 3.30. The molecule has 0 atom stereocenters. The SMILES string of the molecule is COc1cc2ccccc2cc1C(=O)NN=Cc1cc(Br)cc(Cl)c1O. The van der Waals surface area contributed by atoms with Crippen LogP contribution in [0.4, 0.5) is 0 Å². The van der Waals surface area contributed by atoms with E-state index in [-0.39, 0.29) is 10.8 Å². The Bertz CT molecular complexity index is 1020. The van der Waals surface area contributed by atoms with Crippen LogP contribution in [0.25, 0.3) is 10.8 Å². The Morgan fingerprint density at radius 1 is 1.23 bits per heavy atom. The van der Waals surface area contributed by atoms with E-state index in [0.717, 1.165) is 10.8 Å². The van der Waals surface area contributed by atoms with Gasteiger partial charge in [0.05, 0.1) is 23.9 Å². The van der Waals surface area contributed by atoms with Crippen molar-refractivity contribution < 1.29 is 14.6 Å². The van der Waals surface area contributed by atoms with Gasteiger partial charge < -0.3 is 9.84 Å². The maximum absolute atomic E-state index is 12.5. The van der Waals surface area contributed by atoms with Gasteiger partial charge in [-0.05, 0) is 35.0 Å². The van der Waals surface area contributed by atoms with Gasteiger partial charge >= 0.3 is 0 Å². The summed E-state index contributed by atoms with van der Waals surface area (Å²) < 4.78 is 6.00. The first-order valence-corrected chi connectivity index (χ1v) is 8.75. The molecule has 3 aromatic rings. The number of nitrogens with one attached hydrogen (secondary N) is 1. The number of fused-ring (bicyclic) bond motifs is 1. The molecule has 2 N–H and O–H groups in total. The van der Waals surface area contributed by atoms with Gasteiger partial charge in [-0.1, -0.05) is 51.8 Å². The lowest BCUT2D eigenvalue weighted by Gasteiger charge is -2.09. The van der Waals surface area contributed by atoms with Gasteiger partial charge in [0.15, 0.2) is 0 Å². The molecule has 3 rings (SSSR count). The zero-order valence-corrected chi connectivity index (χ0v) is 16.0. The standard InChI is InChI=1S/C19H14BrClN2O3/c1-26-17-8-12-5-3-2-4-11(12)7-15(17)19(25)23-22-10-13-6-14(20)9-16(21)18(13)24/h2-10,24H,1H3,(H,23,25). The van der Waals surface area contributed by atoms with Crippen molar-refractivity contribution >= 4 is 50.4 Å². The summed E-state index contributed by atoms with van der Waals surface area (Å²) in [5, 5.41) is 15.9. The second-order valence-electron chi connectivity index (χ2n) is 5.42. The van der Waals surface area contributed by atoms with Crippen LogP contribution in [0.15, 0.2) is 58.1 Å². The summed E-state index contributed by atoms with van der Waals surface area (Å²) in [5.41, 5.74) is 3.17. The molecule has 0 spiro atoms. The van der Waals surface area contributed by atoms with Crippen molar-refractivity contribution in [2.75, 3.05) is 7.11 Å². The van der Waals surface area contributed by atoms with E-state index in [2.05, 4.69) is 26.5 Å². The quantitative estimate of drug-likeness (QED) is 0.461. The van der Waals surface area contributed by atoms with E-state index in [0.29, 0.717) is 21.3 Å². The summed E-state index contributed by atoms with van der Waals surface area (Å²) in [6, 6.07) is 14.4. The van der Waals surface area contributed by atoms with Crippen LogP contribution < -0.4 is 10.2 Å². The number of rotatable bonds is 4. The topological polar surface area (TPSA) is 70.9 Å². The van der Waals surface area contributed by atoms with Gasteiger partial charge in [-0.3, -0.25) is 4.79 Å². The Hall–Kier alpha value is -2.57. The maximum Gasteiger partial charge on any atom is 0.275 e. The van der Waals surface area contributed by atoms with Gasteiger partial charge in [-0.2, -0.15) is 5.10 Å². The number of amides is 1. The number of hydrogen-bond acceptors (Lipinski definition) is 4. The van der Waals surface area contributed by atoms with Gasteiger partial charge in [0, 0.05) is 10.0 Å². The van der Waals surface area contributed by atoms with Gasteiger partial charge in [0.2, 0.25) is 0 Å². The molecule has 0 saturated carbocycles. The number of hydrogen-bond donors (Lipinski definition) is 2. The van der Waals surface area contributed by atoms with Crippen molar-refractivity contribution in [3.63, 3.8) is 0 Å². The second-order valence-corrected chi connectivity index (χ2v) is 6.75. The molecule has 0 aliphatic carbocycles. The normalized spacial score (nSPS) is 11.0. The molecule has 0 unspecified atom stereocenters. The first-order valence-electron chi connectivity index (χ1n) is 7.58. The molecular formula is C19H14BrClN2O3. The summed E-state index contributed by atoms with van der Waals surface area (Å²) in [6.07, 6.45) is 1.32. The third-order valence-corrected chi connectivity index (χ3v) is 4.49. The number of hydrazone groups is 1. The van der Waals surface area contributed by atoms with E-state index in [1.807, 2.05) is 24.3 Å². The Morgan fingerprint density at radius 2 is 1.92 bits per heavy atom. The van der Waals surface area contributed by atoms with E-state index in [1.165, 1.54) is 13.3 Å². The molecule has 0 saturated heterocycles. The van der Waals surface area contributed by atoms with Crippen LogP contribution in [0.5, 0.6) is 11.5 Å². The van der Waals surface area contributed by atoms with Gasteiger partial charge in [0.1, 0.15) is 11.5 Å². The Balaban J connectivity index is 1.85. The molecule has 0 aliphatic rings. The van der Waals surface area contributed by atoms with E-state index < -0.39 is 5.91 Å². The van der Waals surface area contributed by atoms with Crippen LogP contribution in [0.2, 0.25) is 5.02 Å². The van der Waals surface area contributed by atoms with E-state index in [4.69, 9.17) is 16.3 Å².